The van der Waals surface area contributed by atoms with Crippen molar-refractivity contribution < 1.29 is 0 Å². The molecule has 0 fully saturated rings. The van der Waals surface area contributed by atoms with Gasteiger partial charge < -0.3 is 0 Å². The molecule has 0 aliphatic heterocycles. The van der Waals surface area contributed by atoms with E-state index in [4.69, 9.17) is 5.26 Å². The van der Waals surface area contributed by atoms with Crippen LogP contribution in [0.5, 0.6) is 0 Å². The van der Waals surface area contributed by atoms with Gasteiger partial charge in [0.2, 0.25) is 0 Å². The Balaban J connectivity index is 1.46. The van der Waals surface area contributed by atoms with Crippen molar-refractivity contribution in [1.29, 1.82) is 5.26 Å². The lowest BCUT2D eigenvalue weighted by Gasteiger charge is -2.05. The van der Waals surface area contributed by atoms with E-state index in [2.05, 4.69) is 79.8 Å². The Morgan fingerprint density at radius 2 is 1.32 bits per heavy atom. The summed E-state index contributed by atoms with van der Waals surface area (Å²) in [6.07, 6.45) is 10.6. The number of hydrogen-bond donors (Lipinski definition) is 0. The van der Waals surface area contributed by atoms with Crippen molar-refractivity contribution >= 4 is 0 Å². The predicted octanol–water partition coefficient (Wildman–Crippen LogP) is 7.73. The Morgan fingerprint density at radius 1 is 0.710 bits per heavy atom. The molecule has 1 radical (unpaired) electrons. The third kappa shape index (κ3) is 7.47. The summed E-state index contributed by atoms with van der Waals surface area (Å²) in [4.78, 5) is 0. The van der Waals surface area contributed by atoms with E-state index in [1.165, 1.54) is 48.8 Å². The SMILES string of the molecule is CCCCCCCC#Cc1ccc([CH]Cc2ccc(-c3ccc(C#N)cc3)cc2)cc1. The van der Waals surface area contributed by atoms with E-state index in [0.29, 0.717) is 5.56 Å². The number of benzene rings is 3. The van der Waals surface area contributed by atoms with Gasteiger partial charge in [-0.05, 0) is 65.8 Å². The molecule has 3 rings (SSSR count). The fraction of sp³-hybridized carbons (Fsp3) is 0.267. The highest BCUT2D eigenvalue weighted by atomic mass is 14.2. The van der Waals surface area contributed by atoms with Gasteiger partial charge in [0.15, 0.2) is 0 Å². The Kier molecular flexibility index (Phi) is 8.97. The second kappa shape index (κ2) is 12.4. The molecule has 0 aliphatic carbocycles. The standard InChI is InChI=1S/C30H30N/c1-2-3-4-5-6-7-8-9-25-10-12-26(13-11-25)14-15-27-16-20-29(21-17-27)30-22-18-28(24-31)19-23-30/h10-14,16-23H,2-7,15H2,1H3. The van der Waals surface area contributed by atoms with Crippen LogP contribution in [0.25, 0.3) is 11.1 Å². The first-order valence-electron chi connectivity index (χ1n) is 11.3. The summed E-state index contributed by atoms with van der Waals surface area (Å²) in [7, 11) is 0. The maximum absolute atomic E-state index is 8.93. The molecule has 0 N–H and O–H groups in total. The number of nitrogens with zero attached hydrogens (tertiary/aromatic N) is 1. The van der Waals surface area contributed by atoms with Gasteiger partial charge in [-0.1, -0.05) is 93.0 Å². The Bertz CT molecular complexity index is 1020. The van der Waals surface area contributed by atoms with E-state index in [9.17, 15) is 0 Å². The second-order valence-electron chi connectivity index (χ2n) is 7.88. The van der Waals surface area contributed by atoms with Gasteiger partial charge in [0.05, 0.1) is 11.6 Å². The molecular weight excluding hydrogens is 374 g/mol. The van der Waals surface area contributed by atoms with Crippen LogP contribution >= 0.6 is 0 Å². The molecule has 0 spiro atoms. The molecule has 0 aliphatic rings. The van der Waals surface area contributed by atoms with E-state index >= 15 is 0 Å². The molecule has 0 heterocycles. The Morgan fingerprint density at radius 3 is 1.97 bits per heavy atom. The van der Waals surface area contributed by atoms with Gasteiger partial charge in [0.25, 0.3) is 0 Å². The van der Waals surface area contributed by atoms with Gasteiger partial charge in [0, 0.05) is 12.0 Å². The maximum atomic E-state index is 8.93. The summed E-state index contributed by atoms with van der Waals surface area (Å²) in [6, 6.07) is 27.0. The van der Waals surface area contributed by atoms with Crippen molar-refractivity contribution in [2.45, 2.75) is 51.9 Å². The van der Waals surface area contributed by atoms with Crippen LogP contribution in [0.1, 0.15) is 67.7 Å². The van der Waals surface area contributed by atoms with Crippen molar-refractivity contribution in [1.82, 2.24) is 0 Å². The zero-order valence-electron chi connectivity index (χ0n) is 18.4. The minimum Gasteiger partial charge on any atom is -0.192 e. The summed E-state index contributed by atoms with van der Waals surface area (Å²) in [5.74, 6) is 6.59. The topological polar surface area (TPSA) is 23.8 Å². The van der Waals surface area contributed by atoms with Gasteiger partial charge in [-0.25, -0.2) is 0 Å². The zero-order chi connectivity index (χ0) is 21.7. The largest absolute Gasteiger partial charge is 0.192 e. The highest BCUT2D eigenvalue weighted by Gasteiger charge is 2.01. The van der Waals surface area contributed by atoms with Crippen LogP contribution in [0, 0.1) is 29.6 Å². The first kappa shape index (κ1) is 22.4. The molecule has 3 aromatic rings. The van der Waals surface area contributed by atoms with Gasteiger partial charge in [-0.15, -0.1) is 0 Å². The van der Waals surface area contributed by atoms with Gasteiger partial charge in [0.1, 0.15) is 0 Å². The van der Waals surface area contributed by atoms with E-state index in [1.54, 1.807) is 0 Å². The number of rotatable bonds is 9. The average molecular weight is 405 g/mol. The van der Waals surface area contributed by atoms with Gasteiger partial charge in [-0.2, -0.15) is 5.26 Å². The quantitative estimate of drug-likeness (QED) is 0.264. The molecule has 0 amide bonds. The molecule has 1 nitrogen and oxygen atoms in total. The zero-order valence-corrected chi connectivity index (χ0v) is 18.4. The minimum atomic E-state index is 0.689. The van der Waals surface area contributed by atoms with Crippen LogP contribution in [0.3, 0.4) is 0 Å². The van der Waals surface area contributed by atoms with Crippen LogP contribution in [0.4, 0.5) is 0 Å². The van der Waals surface area contributed by atoms with Crippen molar-refractivity contribution in [3.63, 3.8) is 0 Å². The molecule has 0 saturated carbocycles. The third-order valence-corrected chi connectivity index (χ3v) is 5.42. The summed E-state index contributed by atoms with van der Waals surface area (Å²) in [6.45, 7) is 2.25. The first-order valence-corrected chi connectivity index (χ1v) is 11.3. The fourth-order valence-corrected chi connectivity index (χ4v) is 3.49. The van der Waals surface area contributed by atoms with Crippen molar-refractivity contribution in [2.75, 3.05) is 0 Å². The molecule has 0 atom stereocenters. The van der Waals surface area contributed by atoms with Gasteiger partial charge >= 0.3 is 0 Å². The molecular formula is C30H30N. The molecule has 0 bridgehead atoms. The molecule has 1 heteroatoms. The lowest BCUT2D eigenvalue weighted by molar-refractivity contribution is 0.641. The summed E-state index contributed by atoms with van der Waals surface area (Å²) in [5, 5.41) is 8.93. The van der Waals surface area contributed by atoms with E-state index in [0.717, 1.165) is 24.0 Å². The summed E-state index contributed by atoms with van der Waals surface area (Å²) < 4.78 is 0. The number of unbranched alkanes of at least 4 members (excludes halogenated alkanes) is 5. The number of hydrogen-bond acceptors (Lipinski definition) is 1. The van der Waals surface area contributed by atoms with Gasteiger partial charge in [-0.3, -0.25) is 0 Å². The Hall–Kier alpha value is -3.29. The predicted molar refractivity (Wildman–Crippen MR) is 130 cm³/mol. The van der Waals surface area contributed by atoms with Crippen molar-refractivity contribution in [3.05, 3.63) is 101 Å². The van der Waals surface area contributed by atoms with Crippen LogP contribution < -0.4 is 0 Å². The highest BCUT2D eigenvalue weighted by molar-refractivity contribution is 5.64. The highest BCUT2D eigenvalue weighted by Crippen LogP contribution is 2.21. The maximum Gasteiger partial charge on any atom is 0.0991 e. The molecule has 0 unspecified atom stereocenters. The number of nitriles is 1. The molecule has 155 valence electrons. The second-order valence-corrected chi connectivity index (χ2v) is 7.88. The monoisotopic (exact) mass is 404 g/mol. The smallest absolute Gasteiger partial charge is 0.0991 e. The summed E-state index contributed by atoms with van der Waals surface area (Å²) >= 11 is 0. The van der Waals surface area contributed by atoms with E-state index in [-0.39, 0.29) is 0 Å². The van der Waals surface area contributed by atoms with E-state index < -0.39 is 0 Å². The lowest BCUT2D eigenvalue weighted by atomic mass is 9.99. The third-order valence-electron chi connectivity index (χ3n) is 5.42. The van der Waals surface area contributed by atoms with Crippen LogP contribution in [0.2, 0.25) is 0 Å². The first-order chi connectivity index (χ1) is 15.3. The van der Waals surface area contributed by atoms with E-state index in [1.807, 2.05) is 24.3 Å². The molecule has 31 heavy (non-hydrogen) atoms. The molecule has 3 aromatic carbocycles. The van der Waals surface area contributed by atoms with Crippen LogP contribution in [-0.2, 0) is 6.42 Å². The van der Waals surface area contributed by atoms with Crippen LogP contribution in [0.15, 0.2) is 72.8 Å². The van der Waals surface area contributed by atoms with Crippen molar-refractivity contribution in [2.24, 2.45) is 0 Å². The minimum absolute atomic E-state index is 0.689. The Labute approximate surface area is 187 Å². The van der Waals surface area contributed by atoms with Crippen LogP contribution in [-0.4, -0.2) is 0 Å². The summed E-state index contributed by atoms with van der Waals surface area (Å²) in [5.41, 5.74) is 6.59. The fourth-order valence-electron chi connectivity index (χ4n) is 3.49. The molecule has 0 saturated heterocycles. The van der Waals surface area contributed by atoms with Crippen molar-refractivity contribution in [3.8, 4) is 29.0 Å². The normalized spacial score (nSPS) is 10.2. The molecule has 0 aromatic heterocycles. The average Bonchev–Trinajstić information content (AvgIpc) is 2.83. The lowest BCUT2D eigenvalue weighted by Crippen LogP contribution is -1.89.